The van der Waals surface area contributed by atoms with Crippen LogP contribution >= 0.6 is 0 Å². The van der Waals surface area contributed by atoms with Gasteiger partial charge in [0.2, 0.25) is 0 Å². The first-order chi connectivity index (χ1) is 14.3. The maximum absolute atomic E-state index is 14.5. The molecule has 1 aliphatic heterocycles. The van der Waals surface area contributed by atoms with Crippen molar-refractivity contribution in [3.63, 3.8) is 0 Å². The second kappa shape index (κ2) is 7.71. The summed E-state index contributed by atoms with van der Waals surface area (Å²) in [6.07, 6.45) is 3.38. The molecule has 0 amide bonds. The molecule has 0 saturated carbocycles. The molecule has 1 aromatic heterocycles. The Balaban J connectivity index is 1.76. The quantitative estimate of drug-likeness (QED) is 0.622. The van der Waals surface area contributed by atoms with Crippen LogP contribution in [0.25, 0.3) is 11.4 Å². The average Bonchev–Trinajstić information content (AvgIpc) is 2.93. The van der Waals surface area contributed by atoms with Crippen LogP contribution in [-0.2, 0) is 23.0 Å². The fourth-order valence-corrected chi connectivity index (χ4v) is 4.51. The summed E-state index contributed by atoms with van der Waals surface area (Å²) >= 11 is 0. The second-order valence-corrected chi connectivity index (χ2v) is 8.55. The van der Waals surface area contributed by atoms with Gasteiger partial charge in [-0.15, -0.1) is 10.2 Å². The molecule has 1 aliphatic rings. The van der Waals surface area contributed by atoms with Gasteiger partial charge < -0.3 is 4.57 Å². The SMILES string of the molecule is O=S(=O)(Nc1cc(-c2nnc3n2CCCCC3)c(F)cc1F)c1cc(F)ccc1F. The lowest BCUT2D eigenvalue weighted by atomic mass is 10.1. The third-order valence-electron chi connectivity index (χ3n) is 4.83. The van der Waals surface area contributed by atoms with Gasteiger partial charge in [-0.1, -0.05) is 6.42 Å². The molecule has 6 nitrogen and oxygen atoms in total. The Kier molecular flexibility index (Phi) is 5.22. The molecule has 2 heterocycles. The Morgan fingerprint density at radius 3 is 2.50 bits per heavy atom. The highest BCUT2D eigenvalue weighted by Gasteiger charge is 2.25. The van der Waals surface area contributed by atoms with Crippen molar-refractivity contribution in [2.45, 2.75) is 37.1 Å². The Morgan fingerprint density at radius 2 is 1.70 bits per heavy atom. The minimum absolute atomic E-state index is 0.141. The number of hydrogen-bond acceptors (Lipinski definition) is 4. The van der Waals surface area contributed by atoms with Crippen molar-refractivity contribution in [1.82, 2.24) is 14.8 Å². The number of aryl methyl sites for hydroxylation is 1. The number of anilines is 1. The number of nitrogens with one attached hydrogen (secondary N) is 1. The first kappa shape index (κ1) is 20.3. The molecule has 0 saturated heterocycles. The molecule has 158 valence electrons. The molecule has 0 fully saturated rings. The second-order valence-electron chi connectivity index (χ2n) is 6.89. The van der Waals surface area contributed by atoms with Gasteiger partial charge in [0, 0.05) is 19.0 Å². The molecule has 0 spiro atoms. The van der Waals surface area contributed by atoms with Gasteiger partial charge in [-0.2, -0.15) is 0 Å². The number of rotatable bonds is 4. The predicted molar refractivity (Wildman–Crippen MR) is 100 cm³/mol. The molecule has 2 aromatic carbocycles. The van der Waals surface area contributed by atoms with Crippen LogP contribution in [0.15, 0.2) is 35.2 Å². The van der Waals surface area contributed by atoms with Gasteiger partial charge in [0.1, 0.15) is 34.0 Å². The molecule has 30 heavy (non-hydrogen) atoms. The van der Waals surface area contributed by atoms with E-state index in [0.29, 0.717) is 37.0 Å². The number of hydrogen-bond donors (Lipinski definition) is 1. The van der Waals surface area contributed by atoms with E-state index in [-0.39, 0.29) is 11.4 Å². The molecular formula is C19H16F4N4O2S. The van der Waals surface area contributed by atoms with Crippen LogP contribution in [0.4, 0.5) is 23.2 Å². The van der Waals surface area contributed by atoms with Gasteiger partial charge in [0.25, 0.3) is 10.0 Å². The first-order valence-corrected chi connectivity index (χ1v) is 10.6. The number of halogens is 4. The maximum atomic E-state index is 14.5. The van der Waals surface area contributed by atoms with Crippen molar-refractivity contribution in [1.29, 1.82) is 0 Å². The van der Waals surface area contributed by atoms with Gasteiger partial charge >= 0.3 is 0 Å². The molecule has 11 heteroatoms. The fourth-order valence-electron chi connectivity index (χ4n) is 3.37. The van der Waals surface area contributed by atoms with Crippen LogP contribution in [0, 0.1) is 23.3 Å². The van der Waals surface area contributed by atoms with Gasteiger partial charge in [-0.05, 0) is 37.1 Å². The normalized spacial score (nSPS) is 14.3. The van der Waals surface area contributed by atoms with Gasteiger partial charge in [0.05, 0.1) is 11.3 Å². The summed E-state index contributed by atoms with van der Waals surface area (Å²) in [7, 11) is -4.68. The van der Waals surface area contributed by atoms with Gasteiger partial charge in [-0.3, -0.25) is 4.72 Å². The third kappa shape index (κ3) is 3.76. The highest BCUT2D eigenvalue weighted by molar-refractivity contribution is 7.92. The summed E-state index contributed by atoms with van der Waals surface area (Å²) in [5.41, 5.74) is -0.782. The van der Waals surface area contributed by atoms with E-state index in [1.807, 2.05) is 4.72 Å². The molecule has 0 aliphatic carbocycles. The lowest BCUT2D eigenvalue weighted by molar-refractivity contribution is 0.554. The van der Waals surface area contributed by atoms with Crippen LogP contribution < -0.4 is 4.72 Å². The smallest absolute Gasteiger partial charge is 0.265 e. The summed E-state index contributed by atoms with van der Waals surface area (Å²) in [5.74, 6) is -3.56. The first-order valence-electron chi connectivity index (χ1n) is 9.15. The van der Waals surface area contributed by atoms with E-state index in [2.05, 4.69) is 10.2 Å². The average molecular weight is 440 g/mol. The van der Waals surface area contributed by atoms with Crippen LogP contribution in [0.3, 0.4) is 0 Å². The minimum Gasteiger partial charge on any atom is -0.311 e. The van der Waals surface area contributed by atoms with E-state index in [1.54, 1.807) is 4.57 Å². The summed E-state index contributed by atoms with van der Waals surface area (Å²) < 4.78 is 84.7. The molecule has 1 N–H and O–H groups in total. The number of sulfonamides is 1. The van der Waals surface area contributed by atoms with Crippen molar-refractivity contribution in [3.8, 4) is 11.4 Å². The number of fused-ring (bicyclic) bond motifs is 1. The largest absolute Gasteiger partial charge is 0.311 e. The third-order valence-corrected chi connectivity index (χ3v) is 6.21. The molecule has 3 aromatic rings. The van der Waals surface area contributed by atoms with E-state index in [1.165, 1.54) is 0 Å². The Labute approximate surface area is 169 Å². The standard InChI is InChI=1S/C19H16F4N4O2S/c20-11-5-6-13(21)17(8-11)30(28,29)26-16-9-12(14(22)10-15(16)23)19-25-24-18-4-2-1-3-7-27(18)19/h5-6,8-10,26H,1-4,7H2. The van der Waals surface area contributed by atoms with Crippen molar-refractivity contribution in [2.24, 2.45) is 0 Å². The zero-order valence-electron chi connectivity index (χ0n) is 15.5. The van der Waals surface area contributed by atoms with Gasteiger partial charge in [-0.25, -0.2) is 26.0 Å². The highest BCUT2D eigenvalue weighted by atomic mass is 32.2. The van der Waals surface area contributed by atoms with Crippen LogP contribution in [0.5, 0.6) is 0 Å². The van der Waals surface area contributed by atoms with E-state index < -0.39 is 43.9 Å². The van der Waals surface area contributed by atoms with Crippen LogP contribution in [0.1, 0.15) is 25.1 Å². The molecule has 0 bridgehead atoms. The van der Waals surface area contributed by atoms with E-state index in [0.717, 1.165) is 31.4 Å². The fraction of sp³-hybridized carbons (Fsp3) is 0.263. The Bertz CT molecular complexity index is 1230. The summed E-state index contributed by atoms with van der Waals surface area (Å²) in [5, 5.41) is 8.04. The van der Waals surface area contributed by atoms with Crippen molar-refractivity contribution in [2.75, 3.05) is 4.72 Å². The molecular weight excluding hydrogens is 424 g/mol. The summed E-state index contributed by atoms with van der Waals surface area (Å²) in [6.45, 7) is 0.546. The van der Waals surface area contributed by atoms with Crippen LogP contribution in [-0.4, -0.2) is 23.2 Å². The molecule has 0 unspecified atom stereocenters. The summed E-state index contributed by atoms with van der Waals surface area (Å²) in [4.78, 5) is -0.996. The Morgan fingerprint density at radius 1 is 0.900 bits per heavy atom. The monoisotopic (exact) mass is 440 g/mol. The lowest BCUT2D eigenvalue weighted by Gasteiger charge is -2.13. The zero-order chi connectivity index (χ0) is 21.5. The number of benzene rings is 2. The topological polar surface area (TPSA) is 76.9 Å². The number of aromatic nitrogens is 3. The molecule has 0 atom stereocenters. The van der Waals surface area contributed by atoms with Crippen molar-refractivity contribution >= 4 is 15.7 Å². The predicted octanol–water partition coefficient (Wildman–Crippen LogP) is 4.03. The van der Waals surface area contributed by atoms with Gasteiger partial charge in [0.15, 0.2) is 5.82 Å². The van der Waals surface area contributed by atoms with E-state index in [9.17, 15) is 26.0 Å². The molecule has 4 rings (SSSR count). The van der Waals surface area contributed by atoms with E-state index in [4.69, 9.17) is 0 Å². The lowest BCUT2D eigenvalue weighted by Crippen LogP contribution is -2.16. The summed E-state index contributed by atoms with van der Waals surface area (Å²) in [6, 6.07) is 3.30. The van der Waals surface area contributed by atoms with E-state index >= 15 is 0 Å². The minimum atomic E-state index is -4.68. The molecule has 0 radical (unpaired) electrons. The van der Waals surface area contributed by atoms with Crippen LogP contribution in [0.2, 0.25) is 0 Å². The zero-order valence-corrected chi connectivity index (χ0v) is 16.3. The maximum Gasteiger partial charge on any atom is 0.265 e. The van der Waals surface area contributed by atoms with Crippen molar-refractivity contribution < 1.29 is 26.0 Å². The Hall–Kier alpha value is -2.95. The number of nitrogens with zero attached hydrogens (tertiary/aromatic N) is 3. The van der Waals surface area contributed by atoms with Crippen molar-refractivity contribution in [3.05, 3.63) is 59.4 Å². The highest BCUT2D eigenvalue weighted by Crippen LogP contribution is 2.31.